The van der Waals surface area contributed by atoms with Crippen molar-refractivity contribution in [2.24, 2.45) is 0 Å². The molecule has 2 aromatic rings. The molecule has 5 nitrogen and oxygen atoms in total. The first-order valence-electron chi connectivity index (χ1n) is 9.47. The maximum absolute atomic E-state index is 12.7. The summed E-state index contributed by atoms with van der Waals surface area (Å²) in [5.74, 6) is 0.812. The van der Waals surface area contributed by atoms with Crippen LogP contribution in [-0.2, 0) is 4.79 Å². The number of carbonyl (C=O) groups excluding carboxylic acids is 1. The van der Waals surface area contributed by atoms with Crippen LogP contribution in [0.4, 0.5) is 11.4 Å². The summed E-state index contributed by atoms with van der Waals surface area (Å²) in [4.78, 5) is 17.2. The molecule has 2 aromatic carbocycles. The Bertz CT molecular complexity index is 823. The molecular formula is C21H25Cl2N3O2. The second kappa shape index (κ2) is 9.50. The van der Waals surface area contributed by atoms with Crippen molar-refractivity contribution in [2.45, 2.75) is 19.9 Å². The maximum Gasteiger partial charge on any atom is 0.241 e. The van der Waals surface area contributed by atoms with Crippen LogP contribution < -0.4 is 15.0 Å². The summed E-state index contributed by atoms with van der Waals surface area (Å²) >= 11 is 12.2. The first kappa shape index (κ1) is 20.8. The minimum absolute atomic E-state index is 0.0904. The average molecular weight is 422 g/mol. The van der Waals surface area contributed by atoms with Crippen LogP contribution in [0.5, 0.6) is 5.75 Å². The first-order valence-corrected chi connectivity index (χ1v) is 10.2. The molecular weight excluding hydrogens is 397 g/mol. The van der Waals surface area contributed by atoms with Gasteiger partial charge >= 0.3 is 0 Å². The largest absolute Gasteiger partial charge is 0.492 e. The molecule has 3 rings (SSSR count). The summed E-state index contributed by atoms with van der Waals surface area (Å²) in [6.07, 6.45) is 0. The number of rotatable bonds is 6. The molecule has 0 radical (unpaired) electrons. The highest BCUT2D eigenvalue weighted by atomic mass is 35.5. The van der Waals surface area contributed by atoms with Gasteiger partial charge < -0.3 is 15.0 Å². The standard InChI is InChI=1S/C21H25Cl2N3O2/c1-3-28-19-10-5-4-9-18(19)26-13-11-25(12-14-26)15(2)21(27)24-17-8-6-7-16(22)20(17)23/h4-10,15H,3,11-14H2,1-2H3,(H,24,27). The minimum atomic E-state index is -0.265. The van der Waals surface area contributed by atoms with Crippen LogP contribution in [0.25, 0.3) is 0 Å². The zero-order chi connectivity index (χ0) is 20.1. The maximum atomic E-state index is 12.7. The molecule has 28 heavy (non-hydrogen) atoms. The van der Waals surface area contributed by atoms with Gasteiger partial charge in [-0.3, -0.25) is 9.69 Å². The van der Waals surface area contributed by atoms with E-state index in [0.717, 1.165) is 37.6 Å². The van der Waals surface area contributed by atoms with Crippen molar-refractivity contribution >= 4 is 40.5 Å². The van der Waals surface area contributed by atoms with Gasteiger partial charge in [-0.2, -0.15) is 0 Å². The van der Waals surface area contributed by atoms with Gasteiger partial charge in [0.1, 0.15) is 5.75 Å². The van der Waals surface area contributed by atoms with E-state index in [4.69, 9.17) is 27.9 Å². The molecule has 1 unspecified atom stereocenters. The number of halogens is 2. The monoisotopic (exact) mass is 421 g/mol. The number of para-hydroxylation sites is 2. The Hall–Kier alpha value is -1.95. The van der Waals surface area contributed by atoms with Gasteiger partial charge in [0.25, 0.3) is 0 Å². The summed E-state index contributed by atoms with van der Waals surface area (Å²) in [5, 5.41) is 3.67. The minimum Gasteiger partial charge on any atom is -0.492 e. The van der Waals surface area contributed by atoms with Crippen LogP contribution in [0, 0.1) is 0 Å². The molecule has 1 fully saturated rings. The van der Waals surface area contributed by atoms with Crippen LogP contribution in [0.15, 0.2) is 42.5 Å². The van der Waals surface area contributed by atoms with Crippen LogP contribution in [0.2, 0.25) is 10.0 Å². The van der Waals surface area contributed by atoms with E-state index < -0.39 is 0 Å². The van der Waals surface area contributed by atoms with Crippen molar-refractivity contribution in [3.8, 4) is 5.75 Å². The Morgan fingerprint density at radius 1 is 1.11 bits per heavy atom. The molecule has 150 valence electrons. The highest BCUT2D eigenvalue weighted by Gasteiger charge is 2.27. The smallest absolute Gasteiger partial charge is 0.241 e. The molecule has 0 bridgehead atoms. The summed E-state index contributed by atoms with van der Waals surface area (Å²) < 4.78 is 5.75. The van der Waals surface area contributed by atoms with E-state index in [0.29, 0.717) is 22.3 Å². The van der Waals surface area contributed by atoms with E-state index in [1.807, 2.05) is 32.0 Å². The number of hydrogen-bond acceptors (Lipinski definition) is 4. The molecule has 0 spiro atoms. The second-order valence-corrected chi connectivity index (χ2v) is 7.48. The van der Waals surface area contributed by atoms with Gasteiger partial charge in [0.05, 0.1) is 34.1 Å². The molecule has 0 saturated carbocycles. The number of ether oxygens (including phenoxy) is 1. The van der Waals surface area contributed by atoms with Gasteiger partial charge in [-0.05, 0) is 38.1 Å². The third-order valence-corrected chi connectivity index (χ3v) is 5.78. The van der Waals surface area contributed by atoms with E-state index in [2.05, 4.69) is 21.2 Å². The zero-order valence-electron chi connectivity index (χ0n) is 16.1. The molecule has 1 aliphatic heterocycles. The summed E-state index contributed by atoms with van der Waals surface area (Å²) in [7, 11) is 0. The Labute approximate surface area is 176 Å². The van der Waals surface area contributed by atoms with E-state index in [-0.39, 0.29) is 11.9 Å². The third-order valence-electron chi connectivity index (χ3n) is 4.96. The lowest BCUT2D eigenvalue weighted by Gasteiger charge is -2.39. The van der Waals surface area contributed by atoms with Gasteiger partial charge in [0.15, 0.2) is 0 Å². The summed E-state index contributed by atoms with van der Waals surface area (Å²) in [6, 6.07) is 13.0. The quantitative estimate of drug-likeness (QED) is 0.743. The fourth-order valence-electron chi connectivity index (χ4n) is 3.35. The second-order valence-electron chi connectivity index (χ2n) is 6.69. The van der Waals surface area contributed by atoms with Crippen LogP contribution in [0.3, 0.4) is 0 Å². The van der Waals surface area contributed by atoms with Gasteiger partial charge in [-0.25, -0.2) is 0 Å². The van der Waals surface area contributed by atoms with Gasteiger partial charge in [0.2, 0.25) is 5.91 Å². The molecule has 1 saturated heterocycles. The zero-order valence-corrected chi connectivity index (χ0v) is 17.6. The number of piperazine rings is 1. The molecule has 1 aliphatic rings. The fourth-order valence-corrected chi connectivity index (χ4v) is 3.70. The number of carbonyl (C=O) groups is 1. The molecule has 1 amide bonds. The van der Waals surface area contributed by atoms with E-state index in [1.54, 1.807) is 18.2 Å². The van der Waals surface area contributed by atoms with Gasteiger partial charge in [-0.1, -0.05) is 41.4 Å². The van der Waals surface area contributed by atoms with E-state index >= 15 is 0 Å². The first-order chi connectivity index (χ1) is 13.5. The van der Waals surface area contributed by atoms with Crippen molar-refractivity contribution in [1.82, 2.24) is 4.90 Å². The summed E-state index contributed by atoms with van der Waals surface area (Å²) in [5.41, 5.74) is 1.64. The third kappa shape index (κ3) is 4.72. The van der Waals surface area contributed by atoms with Crippen LogP contribution >= 0.6 is 23.2 Å². The molecule has 1 heterocycles. The lowest BCUT2D eigenvalue weighted by atomic mass is 10.2. The molecule has 1 N–H and O–H groups in total. The Kier molecular flexibility index (Phi) is 7.05. The van der Waals surface area contributed by atoms with Crippen LogP contribution in [-0.4, -0.2) is 49.6 Å². The highest BCUT2D eigenvalue weighted by molar-refractivity contribution is 6.44. The molecule has 1 atom stereocenters. The lowest BCUT2D eigenvalue weighted by Crippen LogP contribution is -2.52. The Morgan fingerprint density at radius 2 is 1.82 bits per heavy atom. The number of amides is 1. The fraction of sp³-hybridized carbons (Fsp3) is 0.381. The number of anilines is 2. The van der Waals surface area contributed by atoms with Crippen molar-refractivity contribution in [3.05, 3.63) is 52.5 Å². The van der Waals surface area contributed by atoms with Gasteiger partial charge in [-0.15, -0.1) is 0 Å². The van der Waals surface area contributed by atoms with E-state index in [9.17, 15) is 4.79 Å². The van der Waals surface area contributed by atoms with E-state index in [1.165, 1.54) is 0 Å². The van der Waals surface area contributed by atoms with Crippen LogP contribution in [0.1, 0.15) is 13.8 Å². The average Bonchev–Trinajstić information content (AvgIpc) is 2.71. The van der Waals surface area contributed by atoms with Crippen molar-refractivity contribution < 1.29 is 9.53 Å². The van der Waals surface area contributed by atoms with Gasteiger partial charge in [0, 0.05) is 26.2 Å². The SMILES string of the molecule is CCOc1ccccc1N1CCN(C(C)C(=O)Nc2cccc(Cl)c2Cl)CC1. The lowest BCUT2D eigenvalue weighted by molar-refractivity contribution is -0.120. The molecule has 7 heteroatoms. The van der Waals surface area contributed by atoms with Crippen molar-refractivity contribution in [1.29, 1.82) is 0 Å². The Balaban J connectivity index is 1.60. The highest BCUT2D eigenvalue weighted by Crippen LogP contribution is 2.31. The number of hydrogen-bond donors (Lipinski definition) is 1. The number of benzene rings is 2. The summed E-state index contributed by atoms with van der Waals surface area (Å²) in [6.45, 7) is 7.79. The number of nitrogens with zero attached hydrogens (tertiary/aromatic N) is 2. The number of nitrogens with one attached hydrogen (secondary N) is 1. The molecule has 0 aromatic heterocycles. The predicted molar refractivity (Wildman–Crippen MR) is 116 cm³/mol. The Morgan fingerprint density at radius 3 is 2.54 bits per heavy atom. The predicted octanol–water partition coefficient (Wildman–Crippen LogP) is 4.54. The van der Waals surface area contributed by atoms with Crippen molar-refractivity contribution in [3.63, 3.8) is 0 Å². The topological polar surface area (TPSA) is 44.8 Å². The molecule has 0 aliphatic carbocycles. The normalized spacial score (nSPS) is 15.9. The van der Waals surface area contributed by atoms with Crippen molar-refractivity contribution in [2.75, 3.05) is 43.0 Å².